The largest absolute Gasteiger partial charge is 0.497 e. The van der Waals surface area contributed by atoms with E-state index in [0.29, 0.717) is 5.75 Å². The Kier molecular flexibility index (Phi) is 5.26. The summed E-state index contributed by atoms with van der Waals surface area (Å²) in [6, 6.07) is 17.1. The van der Waals surface area contributed by atoms with E-state index in [1.165, 1.54) is 17.6 Å². The molecule has 1 aliphatic carbocycles. The molecule has 0 saturated heterocycles. The zero-order chi connectivity index (χ0) is 18.6. The van der Waals surface area contributed by atoms with Gasteiger partial charge in [-0.3, -0.25) is 5.32 Å². The van der Waals surface area contributed by atoms with Gasteiger partial charge in [0.1, 0.15) is 17.5 Å². The Morgan fingerprint density at radius 3 is 2.59 bits per heavy atom. The molecule has 140 valence electrons. The van der Waals surface area contributed by atoms with Gasteiger partial charge in [0.05, 0.1) is 7.11 Å². The first-order valence-corrected chi connectivity index (χ1v) is 9.62. The molecule has 0 aromatic heterocycles. The molecule has 0 radical (unpaired) electrons. The number of benzene rings is 2. The van der Waals surface area contributed by atoms with E-state index >= 15 is 0 Å². The van der Waals surface area contributed by atoms with Crippen molar-refractivity contribution in [2.45, 2.75) is 44.2 Å². The van der Waals surface area contributed by atoms with E-state index in [4.69, 9.17) is 9.47 Å². The maximum absolute atomic E-state index is 13.0. The molecule has 4 nitrogen and oxygen atoms in total. The van der Waals surface area contributed by atoms with E-state index in [0.717, 1.165) is 37.0 Å². The number of para-hydroxylation sites is 1. The number of carbonyl (C=O) groups is 1. The lowest BCUT2D eigenvalue weighted by atomic mass is 9.79. The molecule has 0 saturated carbocycles. The van der Waals surface area contributed by atoms with Crippen molar-refractivity contribution in [1.82, 2.24) is 5.32 Å². The van der Waals surface area contributed by atoms with Gasteiger partial charge in [0.2, 0.25) is 0 Å². The van der Waals surface area contributed by atoms with Crippen LogP contribution in [0.2, 0.25) is 0 Å². The zero-order valence-electron chi connectivity index (χ0n) is 15.6. The molecule has 0 spiro atoms. The minimum absolute atomic E-state index is 0.0882. The van der Waals surface area contributed by atoms with Crippen LogP contribution < -0.4 is 14.8 Å². The van der Waals surface area contributed by atoms with E-state index < -0.39 is 0 Å². The van der Waals surface area contributed by atoms with E-state index in [1.54, 1.807) is 7.11 Å². The van der Waals surface area contributed by atoms with Crippen LogP contribution in [-0.2, 0) is 4.79 Å². The molecule has 4 rings (SSSR count). The molecule has 0 amide bonds. The summed E-state index contributed by atoms with van der Waals surface area (Å²) < 4.78 is 11.0. The predicted octanol–water partition coefficient (Wildman–Crippen LogP) is 4.57. The van der Waals surface area contributed by atoms with Gasteiger partial charge < -0.3 is 9.47 Å². The third-order valence-corrected chi connectivity index (χ3v) is 5.49. The first kappa shape index (κ1) is 17.8. The van der Waals surface area contributed by atoms with Crippen molar-refractivity contribution in [1.29, 1.82) is 0 Å². The second-order valence-corrected chi connectivity index (χ2v) is 7.20. The first-order chi connectivity index (χ1) is 13.2. The highest BCUT2D eigenvalue weighted by molar-refractivity contribution is 5.82. The standard InChI is InChI=1S/C23H25NO3/c1-26-19-12-7-9-17(14-19)21-15-16-8-5-6-13-20(16)22(24-21)23(25)27-18-10-3-2-4-11-18/h2-4,7,9-12,14,21-22,24H,5-6,8,13,15H2,1H3/t21-,22?/m0/s1. The fourth-order valence-corrected chi connectivity index (χ4v) is 4.13. The first-order valence-electron chi connectivity index (χ1n) is 9.62. The molecule has 4 heteroatoms. The topological polar surface area (TPSA) is 47.6 Å². The normalized spacial score (nSPS) is 22.1. The maximum atomic E-state index is 13.0. The molecule has 2 aliphatic rings. The van der Waals surface area contributed by atoms with Crippen LogP contribution in [0.25, 0.3) is 0 Å². The molecule has 2 aromatic rings. The molecule has 0 fully saturated rings. The van der Waals surface area contributed by atoms with E-state index in [1.807, 2.05) is 48.5 Å². The molecule has 1 aliphatic heterocycles. The number of rotatable bonds is 4. The Bertz CT molecular complexity index is 844. The summed E-state index contributed by atoms with van der Waals surface area (Å²) in [6.45, 7) is 0. The SMILES string of the molecule is COc1cccc([C@@H]2CC3=C(CCCC3)C(C(=O)Oc3ccccc3)N2)c1. The molecule has 1 heterocycles. The van der Waals surface area contributed by atoms with Gasteiger partial charge in [-0.15, -0.1) is 0 Å². The zero-order valence-corrected chi connectivity index (χ0v) is 15.6. The van der Waals surface area contributed by atoms with Gasteiger partial charge >= 0.3 is 5.97 Å². The minimum Gasteiger partial charge on any atom is -0.497 e. The van der Waals surface area contributed by atoms with Crippen LogP contribution in [0, 0.1) is 0 Å². The fourth-order valence-electron chi connectivity index (χ4n) is 4.13. The number of methoxy groups -OCH3 is 1. The molecule has 2 atom stereocenters. The average Bonchev–Trinajstić information content (AvgIpc) is 2.73. The Morgan fingerprint density at radius 1 is 1.00 bits per heavy atom. The number of hydrogen-bond acceptors (Lipinski definition) is 4. The molecule has 2 aromatic carbocycles. The van der Waals surface area contributed by atoms with Crippen LogP contribution in [-0.4, -0.2) is 19.1 Å². The van der Waals surface area contributed by atoms with Crippen molar-refractivity contribution in [2.24, 2.45) is 0 Å². The van der Waals surface area contributed by atoms with Crippen LogP contribution in [0.5, 0.6) is 11.5 Å². The van der Waals surface area contributed by atoms with E-state index in [-0.39, 0.29) is 18.1 Å². The predicted molar refractivity (Wildman–Crippen MR) is 105 cm³/mol. The van der Waals surface area contributed by atoms with Crippen molar-refractivity contribution in [3.05, 3.63) is 71.3 Å². The quantitative estimate of drug-likeness (QED) is 0.491. The Balaban J connectivity index is 1.61. The molecule has 0 bridgehead atoms. The lowest BCUT2D eigenvalue weighted by Crippen LogP contribution is -2.46. The summed E-state index contributed by atoms with van der Waals surface area (Å²) in [7, 11) is 1.68. The number of hydrogen-bond donors (Lipinski definition) is 1. The van der Waals surface area contributed by atoms with E-state index in [9.17, 15) is 4.79 Å². The third-order valence-electron chi connectivity index (χ3n) is 5.49. The Hall–Kier alpha value is -2.59. The van der Waals surface area contributed by atoms with Crippen molar-refractivity contribution in [2.75, 3.05) is 7.11 Å². The highest BCUT2D eigenvalue weighted by Crippen LogP contribution is 2.39. The third kappa shape index (κ3) is 3.91. The fraction of sp³-hybridized carbons (Fsp3) is 0.348. The minimum atomic E-state index is -0.384. The molecular weight excluding hydrogens is 338 g/mol. The number of nitrogens with one attached hydrogen (secondary N) is 1. The van der Waals surface area contributed by atoms with Crippen LogP contribution in [0.15, 0.2) is 65.7 Å². The summed E-state index contributed by atoms with van der Waals surface area (Å²) in [5, 5.41) is 3.55. The van der Waals surface area contributed by atoms with Crippen molar-refractivity contribution < 1.29 is 14.3 Å². The Labute approximate surface area is 160 Å². The van der Waals surface area contributed by atoms with Crippen LogP contribution in [0.1, 0.15) is 43.7 Å². The summed E-state index contributed by atoms with van der Waals surface area (Å²) >= 11 is 0. The van der Waals surface area contributed by atoms with Gasteiger partial charge in [0.15, 0.2) is 0 Å². The lowest BCUT2D eigenvalue weighted by Gasteiger charge is -2.36. The number of ether oxygens (including phenoxy) is 2. The lowest BCUT2D eigenvalue weighted by molar-refractivity contribution is -0.136. The summed E-state index contributed by atoms with van der Waals surface area (Å²) in [4.78, 5) is 13.0. The average molecular weight is 363 g/mol. The highest BCUT2D eigenvalue weighted by atomic mass is 16.5. The summed E-state index contributed by atoms with van der Waals surface area (Å²) in [5.41, 5.74) is 3.80. The smallest absolute Gasteiger partial charge is 0.332 e. The molecule has 1 unspecified atom stereocenters. The van der Waals surface area contributed by atoms with E-state index in [2.05, 4.69) is 11.4 Å². The molecule has 27 heavy (non-hydrogen) atoms. The molecule has 1 N–H and O–H groups in total. The highest BCUT2D eigenvalue weighted by Gasteiger charge is 2.35. The van der Waals surface area contributed by atoms with Crippen molar-refractivity contribution in [3.8, 4) is 11.5 Å². The Morgan fingerprint density at radius 2 is 1.78 bits per heavy atom. The van der Waals surface area contributed by atoms with Crippen molar-refractivity contribution >= 4 is 5.97 Å². The van der Waals surface area contributed by atoms with Gasteiger partial charge in [-0.05, 0) is 67.5 Å². The molecular formula is C23H25NO3. The second kappa shape index (κ2) is 7.97. The van der Waals surface area contributed by atoms with Crippen LogP contribution in [0.4, 0.5) is 0 Å². The van der Waals surface area contributed by atoms with Gasteiger partial charge in [-0.25, -0.2) is 4.79 Å². The number of esters is 1. The maximum Gasteiger partial charge on any atom is 0.332 e. The monoisotopic (exact) mass is 363 g/mol. The number of carbonyl (C=O) groups excluding carboxylic acids is 1. The van der Waals surface area contributed by atoms with Gasteiger partial charge in [0, 0.05) is 6.04 Å². The second-order valence-electron chi connectivity index (χ2n) is 7.20. The van der Waals surface area contributed by atoms with Crippen molar-refractivity contribution in [3.63, 3.8) is 0 Å². The van der Waals surface area contributed by atoms with Gasteiger partial charge in [0.25, 0.3) is 0 Å². The van der Waals surface area contributed by atoms with Gasteiger partial charge in [-0.1, -0.05) is 35.9 Å². The summed E-state index contributed by atoms with van der Waals surface area (Å²) in [5.74, 6) is 1.20. The summed E-state index contributed by atoms with van der Waals surface area (Å²) in [6.07, 6.45) is 5.33. The van der Waals surface area contributed by atoms with Crippen LogP contribution in [0.3, 0.4) is 0 Å². The van der Waals surface area contributed by atoms with Crippen LogP contribution >= 0.6 is 0 Å². The van der Waals surface area contributed by atoms with Gasteiger partial charge in [-0.2, -0.15) is 0 Å².